The molecule has 0 aliphatic rings. The van der Waals surface area contributed by atoms with Gasteiger partial charge in [0.1, 0.15) is 0 Å². The molecule has 0 fully saturated rings. The molecule has 0 amide bonds. The van der Waals surface area contributed by atoms with Gasteiger partial charge in [-0.25, -0.2) is 0 Å². The third kappa shape index (κ3) is 4.17. The van der Waals surface area contributed by atoms with E-state index >= 15 is 0 Å². The molecule has 0 aromatic heterocycles. The molecule has 20 heavy (non-hydrogen) atoms. The zero-order chi connectivity index (χ0) is 14.4. The van der Waals surface area contributed by atoms with Crippen molar-refractivity contribution >= 4 is 0 Å². The van der Waals surface area contributed by atoms with Crippen molar-refractivity contribution in [2.75, 3.05) is 0 Å². The molecule has 2 rings (SSSR count). The van der Waals surface area contributed by atoms with Gasteiger partial charge in [-0.2, -0.15) is 0 Å². The average molecular weight is 270 g/mol. The van der Waals surface area contributed by atoms with Crippen LogP contribution < -0.4 is 11.5 Å². The minimum absolute atomic E-state index is 0.187. The summed E-state index contributed by atoms with van der Waals surface area (Å²) in [5.41, 5.74) is 14.3. The Morgan fingerprint density at radius 3 is 2.00 bits per heavy atom. The maximum atomic E-state index is 10.2. The smallest absolute Gasteiger partial charge is 0.0712 e. The molecule has 0 aliphatic carbocycles. The molecular formula is C17H22N2O. The van der Waals surface area contributed by atoms with E-state index in [1.807, 2.05) is 60.7 Å². The first kappa shape index (κ1) is 14.7. The van der Waals surface area contributed by atoms with Gasteiger partial charge in [0.05, 0.1) is 6.10 Å². The Hall–Kier alpha value is -1.68. The summed E-state index contributed by atoms with van der Waals surface area (Å²) in [6.45, 7) is 0. The largest absolute Gasteiger partial charge is 0.391 e. The van der Waals surface area contributed by atoms with Crippen LogP contribution in [0.2, 0.25) is 0 Å². The van der Waals surface area contributed by atoms with E-state index in [0.29, 0.717) is 12.8 Å². The van der Waals surface area contributed by atoms with Crippen molar-refractivity contribution in [3.8, 4) is 0 Å². The minimum Gasteiger partial charge on any atom is -0.391 e. The molecule has 0 radical (unpaired) electrons. The number of hydrogen-bond donors (Lipinski definition) is 3. The Balaban J connectivity index is 1.89. The summed E-state index contributed by atoms with van der Waals surface area (Å²) < 4.78 is 0. The van der Waals surface area contributed by atoms with Gasteiger partial charge in [0.15, 0.2) is 0 Å². The van der Waals surface area contributed by atoms with Crippen LogP contribution >= 0.6 is 0 Å². The van der Waals surface area contributed by atoms with Gasteiger partial charge < -0.3 is 16.6 Å². The first-order valence-electron chi connectivity index (χ1n) is 6.95. The second kappa shape index (κ2) is 7.20. The van der Waals surface area contributed by atoms with Crippen molar-refractivity contribution in [3.05, 3.63) is 71.8 Å². The summed E-state index contributed by atoms with van der Waals surface area (Å²) in [6.07, 6.45) is 0.520. The quantitative estimate of drug-likeness (QED) is 0.752. The van der Waals surface area contributed by atoms with Crippen LogP contribution in [0.4, 0.5) is 0 Å². The molecule has 3 atom stereocenters. The fourth-order valence-electron chi connectivity index (χ4n) is 2.29. The Morgan fingerprint density at radius 1 is 0.850 bits per heavy atom. The number of hydrogen-bond acceptors (Lipinski definition) is 3. The maximum absolute atomic E-state index is 10.2. The van der Waals surface area contributed by atoms with E-state index in [1.165, 1.54) is 0 Å². The van der Waals surface area contributed by atoms with E-state index < -0.39 is 6.10 Å². The van der Waals surface area contributed by atoms with Crippen LogP contribution in [0.3, 0.4) is 0 Å². The van der Waals surface area contributed by atoms with E-state index in [9.17, 15) is 5.11 Å². The standard InChI is InChI=1S/C17H22N2O/c18-15(14-9-5-2-6-10-14)12-17(20)16(19)11-13-7-3-1-4-8-13/h1-10,15-17,20H,11-12,18-19H2. The SMILES string of the molecule is NC(CC(O)C(N)Cc1ccccc1)c1ccccc1. The molecule has 0 bridgehead atoms. The molecule has 5 N–H and O–H groups in total. The van der Waals surface area contributed by atoms with E-state index in [0.717, 1.165) is 11.1 Å². The molecule has 3 nitrogen and oxygen atoms in total. The predicted octanol–water partition coefficient (Wildman–Crippen LogP) is 2.01. The molecule has 2 aromatic rings. The van der Waals surface area contributed by atoms with E-state index in [2.05, 4.69) is 0 Å². The average Bonchev–Trinajstić information content (AvgIpc) is 2.49. The van der Waals surface area contributed by atoms with Crippen LogP contribution in [0, 0.1) is 0 Å². The fraction of sp³-hybridized carbons (Fsp3) is 0.294. The van der Waals surface area contributed by atoms with Gasteiger partial charge in [-0.1, -0.05) is 60.7 Å². The van der Waals surface area contributed by atoms with E-state index in [-0.39, 0.29) is 12.1 Å². The summed E-state index contributed by atoms with van der Waals surface area (Å²) in [5, 5.41) is 10.2. The minimum atomic E-state index is -0.606. The summed E-state index contributed by atoms with van der Waals surface area (Å²) >= 11 is 0. The van der Waals surface area contributed by atoms with Crippen LogP contribution in [-0.2, 0) is 6.42 Å². The molecule has 106 valence electrons. The lowest BCUT2D eigenvalue weighted by Gasteiger charge is -2.22. The van der Waals surface area contributed by atoms with Gasteiger partial charge in [0, 0.05) is 12.1 Å². The maximum Gasteiger partial charge on any atom is 0.0712 e. The highest BCUT2D eigenvalue weighted by molar-refractivity contribution is 5.19. The number of rotatable bonds is 6. The first-order chi connectivity index (χ1) is 9.66. The molecular weight excluding hydrogens is 248 g/mol. The Morgan fingerprint density at radius 2 is 1.40 bits per heavy atom. The molecule has 0 aliphatic heterocycles. The monoisotopic (exact) mass is 270 g/mol. The summed E-state index contributed by atoms with van der Waals surface area (Å²) in [7, 11) is 0. The molecule has 3 heteroatoms. The first-order valence-corrected chi connectivity index (χ1v) is 6.95. The van der Waals surface area contributed by atoms with Crippen molar-refractivity contribution < 1.29 is 5.11 Å². The number of aliphatic hydroxyl groups is 1. The molecule has 3 unspecified atom stereocenters. The Labute approximate surface area is 120 Å². The highest BCUT2D eigenvalue weighted by atomic mass is 16.3. The summed E-state index contributed by atoms with van der Waals surface area (Å²) in [6, 6.07) is 19.3. The Kier molecular flexibility index (Phi) is 5.30. The molecule has 0 spiro atoms. The van der Waals surface area contributed by atoms with Crippen LogP contribution in [-0.4, -0.2) is 17.3 Å². The topological polar surface area (TPSA) is 72.3 Å². The summed E-state index contributed by atoms with van der Waals surface area (Å²) in [4.78, 5) is 0. The van der Waals surface area contributed by atoms with Crippen molar-refractivity contribution in [1.82, 2.24) is 0 Å². The highest BCUT2D eigenvalue weighted by Gasteiger charge is 2.19. The molecule has 2 aromatic carbocycles. The van der Waals surface area contributed by atoms with Crippen molar-refractivity contribution in [2.24, 2.45) is 11.5 Å². The van der Waals surface area contributed by atoms with Crippen LogP contribution in [0.5, 0.6) is 0 Å². The lowest BCUT2D eigenvalue weighted by atomic mass is 9.94. The van der Waals surface area contributed by atoms with Gasteiger partial charge >= 0.3 is 0 Å². The van der Waals surface area contributed by atoms with E-state index in [1.54, 1.807) is 0 Å². The van der Waals surface area contributed by atoms with Gasteiger partial charge in [-0.3, -0.25) is 0 Å². The summed E-state index contributed by atoms with van der Waals surface area (Å²) in [5.74, 6) is 0. The van der Waals surface area contributed by atoms with Crippen molar-refractivity contribution in [3.63, 3.8) is 0 Å². The van der Waals surface area contributed by atoms with E-state index in [4.69, 9.17) is 11.5 Å². The zero-order valence-electron chi connectivity index (χ0n) is 11.5. The van der Waals surface area contributed by atoms with Crippen molar-refractivity contribution in [2.45, 2.75) is 31.0 Å². The predicted molar refractivity (Wildman–Crippen MR) is 82.1 cm³/mol. The fourth-order valence-corrected chi connectivity index (χ4v) is 2.29. The van der Waals surface area contributed by atoms with Crippen LogP contribution in [0.1, 0.15) is 23.6 Å². The Bertz CT molecular complexity index is 501. The van der Waals surface area contributed by atoms with Crippen molar-refractivity contribution in [1.29, 1.82) is 0 Å². The lowest BCUT2D eigenvalue weighted by molar-refractivity contribution is 0.126. The molecule has 0 saturated carbocycles. The van der Waals surface area contributed by atoms with Crippen LogP contribution in [0.15, 0.2) is 60.7 Å². The highest BCUT2D eigenvalue weighted by Crippen LogP contribution is 2.17. The van der Waals surface area contributed by atoms with Crippen LogP contribution in [0.25, 0.3) is 0 Å². The third-order valence-electron chi connectivity index (χ3n) is 3.53. The second-order valence-corrected chi connectivity index (χ2v) is 5.17. The molecule has 0 heterocycles. The number of aliphatic hydroxyl groups excluding tert-OH is 1. The lowest BCUT2D eigenvalue weighted by Crippen LogP contribution is -2.38. The van der Waals surface area contributed by atoms with Gasteiger partial charge in [-0.15, -0.1) is 0 Å². The molecule has 0 saturated heterocycles. The van der Waals surface area contributed by atoms with Gasteiger partial charge in [-0.05, 0) is 24.0 Å². The zero-order valence-corrected chi connectivity index (χ0v) is 11.5. The van der Waals surface area contributed by atoms with Gasteiger partial charge in [0.25, 0.3) is 0 Å². The number of nitrogens with two attached hydrogens (primary N) is 2. The normalized spacial score (nSPS) is 15.6. The third-order valence-corrected chi connectivity index (χ3v) is 3.53. The second-order valence-electron chi connectivity index (χ2n) is 5.17. The van der Waals surface area contributed by atoms with Gasteiger partial charge in [0.2, 0.25) is 0 Å². The number of benzene rings is 2.